The molecule has 27 heavy (non-hydrogen) atoms. The van der Waals surface area contributed by atoms with E-state index < -0.39 is 11.9 Å². The summed E-state index contributed by atoms with van der Waals surface area (Å²) in [4.78, 5) is 21.4. The van der Waals surface area contributed by atoms with Crippen molar-refractivity contribution >= 4 is 17.4 Å². The predicted molar refractivity (Wildman–Crippen MR) is 92.9 cm³/mol. The Hall–Kier alpha value is -2.82. The number of Topliss-reactive ketones (excluding diaryl/α,β-unsaturated/α-hetero) is 1. The summed E-state index contributed by atoms with van der Waals surface area (Å²) in [6, 6.07) is 5.03. The van der Waals surface area contributed by atoms with Crippen LogP contribution in [0.4, 0.5) is 5.95 Å². The molecule has 1 unspecified atom stereocenters. The first kappa shape index (κ1) is 16.4. The summed E-state index contributed by atoms with van der Waals surface area (Å²) in [7, 11) is 0. The number of nitrogen functional groups attached to an aromatic ring is 1. The molecule has 0 aliphatic carbocycles. The van der Waals surface area contributed by atoms with Gasteiger partial charge in [-0.25, -0.2) is 9.97 Å². The van der Waals surface area contributed by atoms with Crippen LogP contribution in [0, 0.1) is 0 Å². The molecule has 2 saturated heterocycles. The van der Waals surface area contributed by atoms with Crippen molar-refractivity contribution in [2.45, 2.75) is 24.7 Å². The molecule has 0 saturated carbocycles. The summed E-state index contributed by atoms with van der Waals surface area (Å²) >= 11 is 0. The maximum atomic E-state index is 12.9. The van der Waals surface area contributed by atoms with Gasteiger partial charge < -0.3 is 24.9 Å². The summed E-state index contributed by atoms with van der Waals surface area (Å²) in [6.45, 7) is 1.80. The van der Waals surface area contributed by atoms with Gasteiger partial charge in [0.15, 0.2) is 17.2 Å². The molecule has 1 spiro atoms. The zero-order valence-corrected chi connectivity index (χ0v) is 14.4. The van der Waals surface area contributed by atoms with Crippen LogP contribution in [-0.4, -0.2) is 57.0 Å². The summed E-state index contributed by atoms with van der Waals surface area (Å²) in [5, 5.41) is 7.52. The Balaban J connectivity index is 1.43. The highest BCUT2D eigenvalue weighted by atomic mass is 16.7. The maximum Gasteiger partial charge on any atom is 0.223 e. The first-order chi connectivity index (χ1) is 13.1. The molecule has 1 atom stereocenters. The van der Waals surface area contributed by atoms with E-state index in [4.69, 9.17) is 19.6 Å². The standard InChI is InChI=1S/C17H18N6O4/c18-16-20-10(8-13-21-15(22-23(13)16)11-2-1-7-25-11)14(24)12-9-26-17(27-12)3-5-19-6-4-17/h1-2,7-8,12,19H,3-6,9H2,(H2,18,20). The molecule has 10 heteroatoms. The van der Waals surface area contributed by atoms with E-state index in [0.29, 0.717) is 30.1 Å². The lowest BCUT2D eigenvalue weighted by atomic mass is 10.1. The minimum atomic E-state index is -0.704. The van der Waals surface area contributed by atoms with Gasteiger partial charge in [0.25, 0.3) is 0 Å². The average molecular weight is 370 g/mol. The highest BCUT2D eigenvalue weighted by Gasteiger charge is 2.45. The van der Waals surface area contributed by atoms with Crippen molar-refractivity contribution in [3.63, 3.8) is 0 Å². The molecule has 2 aliphatic rings. The number of hydrogen-bond acceptors (Lipinski definition) is 9. The molecule has 3 aromatic heterocycles. The maximum absolute atomic E-state index is 12.9. The average Bonchev–Trinajstić information content (AvgIpc) is 3.41. The number of nitrogens with zero attached hydrogens (tertiary/aromatic N) is 4. The summed E-state index contributed by atoms with van der Waals surface area (Å²) in [6.07, 6.45) is 2.25. The van der Waals surface area contributed by atoms with Gasteiger partial charge in [0.05, 0.1) is 12.9 Å². The van der Waals surface area contributed by atoms with E-state index in [1.807, 2.05) is 0 Å². The number of nitrogens with two attached hydrogens (primary N) is 1. The topological polar surface area (TPSA) is 130 Å². The van der Waals surface area contributed by atoms with Gasteiger partial charge in [0.1, 0.15) is 11.8 Å². The number of ether oxygens (including phenoxy) is 2. The number of rotatable bonds is 3. The van der Waals surface area contributed by atoms with Crippen molar-refractivity contribution in [3.05, 3.63) is 30.2 Å². The molecule has 2 aliphatic heterocycles. The molecule has 10 nitrogen and oxygen atoms in total. The second-order valence-electron chi connectivity index (χ2n) is 6.62. The smallest absolute Gasteiger partial charge is 0.223 e. The Kier molecular flexibility index (Phi) is 3.71. The van der Waals surface area contributed by atoms with Crippen molar-refractivity contribution in [1.29, 1.82) is 0 Å². The van der Waals surface area contributed by atoms with E-state index >= 15 is 0 Å². The Bertz CT molecular complexity index is 992. The van der Waals surface area contributed by atoms with E-state index in [0.717, 1.165) is 13.1 Å². The third-order valence-electron chi connectivity index (χ3n) is 4.86. The third-order valence-corrected chi connectivity index (χ3v) is 4.86. The minimum absolute atomic E-state index is 0.0663. The van der Waals surface area contributed by atoms with E-state index in [1.165, 1.54) is 10.8 Å². The summed E-state index contributed by atoms with van der Waals surface area (Å²) in [5.41, 5.74) is 6.57. The SMILES string of the molecule is Nc1nc(C(=O)C2COC3(CCNCC3)O2)cc2nc(-c3ccco3)nn12. The molecule has 5 heterocycles. The zero-order valence-electron chi connectivity index (χ0n) is 14.4. The van der Waals surface area contributed by atoms with Crippen LogP contribution >= 0.6 is 0 Å². The molecule has 3 N–H and O–H groups in total. The fourth-order valence-corrected chi connectivity index (χ4v) is 3.47. The summed E-state index contributed by atoms with van der Waals surface area (Å²) in [5.74, 6) is -0.0138. The number of anilines is 1. The molecule has 0 aromatic carbocycles. The fraction of sp³-hybridized carbons (Fsp3) is 0.412. The monoisotopic (exact) mass is 370 g/mol. The van der Waals surface area contributed by atoms with Crippen LogP contribution < -0.4 is 11.1 Å². The van der Waals surface area contributed by atoms with Crippen molar-refractivity contribution in [2.75, 3.05) is 25.4 Å². The van der Waals surface area contributed by atoms with Gasteiger partial charge in [0.2, 0.25) is 17.6 Å². The first-order valence-electron chi connectivity index (χ1n) is 8.77. The third kappa shape index (κ3) is 2.78. The molecule has 5 rings (SSSR count). The molecular weight excluding hydrogens is 352 g/mol. The van der Waals surface area contributed by atoms with Crippen LogP contribution in [-0.2, 0) is 9.47 Å². The first-order valence-corrected chi connectivity index (χ1v) is 8.77. The quantitative estimate of drug-likeness (QED) is 0.638. The molecule has 0 bridgehead atoms. The van der Waals surface area contributed by atoms with Crippen molar-refractivity contribution in [2.24, 2.45) is 0 Å². The van der Waals surface area contributed by atoms with E-state index in [-0.39, 0.29) is 24.0 Å². The largest absolute Gasteiger partial charge is 0.461 e. The number of ketones is 1. The Morgan fingerprint density at radius 1 is 1.33 bits per heavy atom. The van der Waals surface area contributed by atoms with Crippen LogP contribution in [0.5, 0.6) is 0 Å². The Morgan fingerprint density at radius 2 is 2.19 bits per heavy atom. The van der Waals surface area contributed by atoms with Gasteiger partial charge in [0, 0.05) is 32.0 Å². The van der Waals surface area contributed by atoms with Gasteiger partial charge in [-0.3, -0.25) is 4.79 Å². The lowest BCUT2D eigenvalue weighted by Gasteiger charge is -2.32. The van der Waals surface area contributed by atoms with Gasteiger partial charge >= 0.3 is 0 Å². The second kappa shape index (κ2) is 6.12. The van der Waals surface area contributed by atoms with Gasteiger partial charge in [-0.2, -0.15) is 4.52 Å². The Morgan fingerprint density at radius 3 is 2.96 bits per heavy atom. The van der Waals surface area contributed by atoms with Gasteiger partial charge in [-0.15, -0.1) is 5.10 Å². The lowest BCUT2D eigenvalue weighted by molar-refractivity contribution is -0.178. The number of piperidine rings is 1. The highest BCUT2D eigenvalue weighted by molar-refractivity contribution is 5.99. The van der Waals surface area contributed by atoms with Crippen molar-refractivity contribution in [3.8, 4) is 11.6 Å². The number of fused-ring (bicyclic) bond motifs is 1. The Labute approximate surface area is 153 Å². The normalized spacial score (nSPS) is 21.9. The van der Waals surface area contributed by atoms with Crippen LogP contribution in [0.1, 0.15) is 23.3 Å². The molecule has 0 amide bonds. The van der Waals surface area contributed by atoms with Gasteiger partial charge in [-0.1, -0.05) is 0 Å². The predicted octanol–water partition coefficient (Wildman–Crippen LogP) is 0.644. The van der Waals surface area contributed by atoms with Crippen LogP contribution in [0.2, 0.25) is 0 Å². The van der Waals surface area contributed by atoms with Crippen LogP contribution in [0.15, 0.2) is 28.9 Å². The van der Waals surface area contributed by atoms with E-state index in [9.17, 15) is 4.79 Å². The number of hydrogen-bond donors (Lipinski definition) is 2. The molecule has 3 aromatic rings. The molecular formula is C17H18N6O4. The van der Waals surface area contributed by atoms with Crippen LogP contribution in [0.3, 0.4) is 0 Å². The van der Waals surface area contributed by atoms with Crippen LogP contribution in [0.25, 0.3) is 17.2 Å². The highest BCUT2D eigenvalue weighted by Crippen LogP contribution is 2.33. The summed E-state index contributed by atoms with van der Waals surface area (Å²) < 4.78 is 18.5. The lowest BCUT2D eigenvalue weighted by Crippen LogP contribution is -2.43. The number of carbonyl (C=O) groups is 1. The van der Waals surface area contributed by atoms with Gasteiger partial charge in [-0.05, 0) is 12.1 Å². The van der Waals surface area contributed by atoms with Crippen molar-refractivity contribution in [1.82, 2.24) is 24.9 Å². The van der Waals surface area contributed by atoms with Crippen molar-refractivity contribution < 1.29 is 18.7 Å². The molecule has 140 valence electrons. The van der Waals surface area contributed by atoms with E-state index in [2.05, 4.69) is 20.4 Å². The number of aromatic nitrogens is 4. The fourth-order valence-electron chi connectivity index (χ4n) is 3.47. The minimum Gasteiger partial charge on any atom is -0.461 e. The van der Waals surface area contributed by atoms with E-state index in [1.54, 1.807) is 18.2 Å². The second-order valence-corrected chi connectivity index (χ2v) is 6.62. The number of furan rings is 1. The molecule has 2 fully saturated rings. The molecule has 0 radical (unpaired) electrons. The number of nitrogens with one attached hydrogen (secondary N) is 1. The number of carbonyl (C=O) groups excluding carboxylic acids is 1. The zero-order chi connectivity index (χ0) is 18.4.